The van der Waals surface area contributed by atoms with Crippen molar-refractivity contribution in [3.8, 4) is 5.75 Å². The lowest BCUT2D eigenvalue weighted by molar-refractivity contribution is 0.306. The zero-order valence-electron chi connectivity index (χ0n) is 9.57. The van der Waals surface area contributed by atoms with Crippen LogP contribution in [0, 0.1) is 0 Å². The van der Waals surface area contributed by atoms with Crippen LogP contribution in [0.1, 0.15) is 37.3 Å². The SMILES string of the molecule is CCCCOc1cccc2c1CCC2=NO. The van der Waals surface area contributed by atoms with Gasteiger partial charge in [0.1, 0.15) is 5.75 Å². The van der Waals surface area contributed by atoms with Crippen LogP contribution >= 0.6 is 0 Å². The summed E-state index contributed by atoms with van der Waals surface area (Å²) in [6.45, 7) is 2.91. The van der Waals surface area contributed by atoms with Crippen LogP contribution in [0.15, 0.2) is 23.4 Å². The molecule has 0 saturated heterocycles. The molecule has 86 valence electrons. The van der Waals surface area contributed by atoms with Crippen molar-refractivity contribution < 1.29 is 9.94 Å². The summed E-state index contributed by atoms with van der Waals surface area (Å²) in [4.78, 5) is 0. The maximum absolute atomic E-state index is 8.86. The summed E-state index contributed by atoms with van der Waals surface area (Å²) in [5, 5.41) is 12.2. The van der Waals surface area contributed by atoms with Crippen LogP contribution in [-0.4, -0.2) is 17.5 Å². The molecule has 1 N–H and O–H groups in total. The van der Waals surface area contributed by atoms with Gasteiger partial charge in [-0.25, -0.2) is 0 Å². The van der Waals surface area contributed by atoms with Gasteiger partial charge >= 0.3 is 0 Å². The van der Waals surface area contributed by atoms with E-state index in [2.05, 4.69) is 12.1 Å². The molecule has 3 nitrogen and oxygen atoms in total. The summed E-state index contributed by atoms with van der Waals surface area (Å²) < 4.78 is 5.75. The van der Waals surface area contributed by atoms with Gasteiger partial charge in [0, 0.05) is 11.1 Å². The number of oxime groups is 1. The second-order valence-corrected chi connectivity index (χ2v) is 4.03. The third-order valence-electron chi connectivity index (χ3n) is 2.93. The first-order valence-corrected chi connectivity index (χ1v) is 5.82. The van der Waals surface area contributed by atoms with Gasteiger partial charge in [0.2, 0.25) is 0 Å². The monoisotopic (exact) mass is 219 g/mol. The minimum absolute atomic E-state index is 0.762. The van der Waals surface area contributed by atoms with Crippen molar-refractivity contribution in [2.75, 3.05) is 6.61 Å². The van der Waals surface area contributed by atoms with E-state index in [1.54, 1.807) is 0 Å². The van der Waals surface area contributed by atoms with E-state index in [9.17, 15) is 0 Å². The Hall–Kier alpha value is -1.51. The molecule has 0 atom stereocenters. The smallest absolute Gasteiger partial charge is 0.123 e. The lowest BCUT2D eigenvalue weighted by Crippen LogP contribution is -2.00. The number of nitrogens with zero attached hydrogens (tertiary/aromatic N) is 1. The van der Waals surface area contributed by atoms with Gasteiger partial charge < -0.3 is 9.94 Å². The summed E-state index contributed by atoms with van der Waals surface area (Å²) >= 11 is 0. The second kappa shape index (κ2) is 5.01. The van der Waals surface area contributed by atoms with Crippen LogP contribution < -0.4 is 4.74 Å². The summed E-state index contributed by atoms with van der Waals surface area (Å²) in [7, 11) is 0. The molecule has 1 aromatic rings. The normalized spacial score (nSPS) is 16.4. The van der Waals surface area contributed by atoms with Crippen molar-refractivity contribution in [2.45, 2.75) is 32.6 Å². The molecular formula is C13H17NO2. The average molecular weight is 219 g/mol. The molecule has 1 aromatic carbocycles. The van der Waals surface area contributed by atoms with E-state index < -0.39 is 0 Å². The number of rotatable bonds is 4. The zero-order valence-corrected chi connectivity index (χ0v) is 9.57. The molecule has 2 rings (SSSR count). The fourth-order valence-corrected chi connectivity index (χ4v) is 2.04. The fraction of sp³-hybridized carbons (Fsp3) is 0.462. The number of fused-ring (bicyclic) bond motifs is 1. The van der Waals surface area contributed by atoms with Crippen LogP contribution in [-0.2, 0) is 6.42 Å². The van der Waals surface area contributed by atoms with Gasteiger partial charge in [-0.1, -0.05) is 30.6 Å². The average Bonchev–Trinajstić information content (AvgIpc) is 2.73. The predicted octanol–water partition coefficient (Wildman–Crippen LogP) is 2.99. The Balaban J connectivity index is 2.19. The summed E-state index contributed by atoms with van der Waals surface area (Å²) in [5.41, 5.74) is 3.00. The van der Waals surface area contributed by atoms with E-state index in [1.165, 1.54) is 5.56 Å². The van der Waals surface area contributed by atoms with Crippen LogP contribution in [0.5, 0.6) is 5.75 Å². The Morgan fingerprint density at radius 3 is 3.00 bits per heavy atom. The van der Waals surface area contributed by atoms with Gasteiger partial charge in [0.25, 0.3) is 0 Å². The highest BCUT2D eigenvalue weighted by molar-refractivity contribution is 6.04. The molecule has 0 saturated carbocycles. The van der Waals surface area contributed by atoms with E-state index in [1.807, 2.05) is 18.2 Å². The Bertz CT molecular complexity index is 399. The standard InChI is InChI=1S/C13H17NO2/c1-2-3-9-16-13-6-4-5-10-11(13)7-8-12(10)14-15/h4-6,15H,2-3,7-9H2,1H3. The van der Waals surface area contributed by atoms with Gasteiger partial charge in [-0.15, -0.1) is 0 Å². The molecule has 0 heterocycles. The van der Waals surface area contributed by atoms with Gasteiger partial charge in [-0.3, -0.25) is 0 Å². The van der Waals surface area contributed by atoms with Crippen LogP contribution in [0.25, 0.3) is 0 Å². The molecule has 1 aliphatic carbocycles. The summed E-state index contributed by atoms with van der Waals surface area (Å²) in [6, 6.07) is 5.94. The fourth-order valence-electron chi connectivity index (χ4n) is 2.04. The highest BCUT2D eigenvalue weighted by atomic mass is 16.5. The topological polar surface area (TPSA) is 41.8 Å². The van der Waals surface area contributed by atoms with Crippen LogP contribution in [0.4, 0.5) is 0 Å². The van der Waals surface area contributed by atoms with Crippen molar-refractivity contribution in [1.82, 2.24) is 0 Å². The first-order valence-electron chi connectivity index (χ1n) is 5.82. The molecule has 1 aliphatic rings. The van der Waals surface area contributed by atoms with E-state index >= 15 is 0 Å². The lowest BCUT2D eigenvalue weighted by Gasteiger charge is -2.09. The number of unbranched alkanes of at least 4 members (excludes halogenated alkanes) is 1. The predicted molar refractivity (Wildman–Crippen MR) is 63.5 cm³/mol. The molecule has 0 aliphatic heterocycles. The molecule has 0 amide bonds. The van der Waals surface area contributed by atoms with Gasteiger partial charge in [-0.05, 0) is 25.3 Å². The maximum Gasteiger partial charge on any atom is 0.123 e. The highest BCUT2D eigenvalue weighted by Gasteiger charge is 2.21. The van der Waals surface area contributed by atoms with E-state index in [0.717, 1.165) is 49.3 Å². The second-order valence-electron chi connectivity index (χ2n) is 4.03. The van der Waals surface area contributed by atoms with Crippen molar-refractivity contribution in [3.05, 3.63) is 29.3 Å². The third kappa shape index (κ3) is 2.03. The number of benzene rings is 1. The third-order valence-corrected chi connectivity index (χ3v) is 2.93. The van der Waals surface area contributed by atoms with Crippen LogP contribution in [0.3, 0.4) is 0 Å². The first-order chi connectivity index (χ1) is 7.86. The minimum Gasteiger partial charge on any atom is -0.493 e. The van der Waals surface area contributed by atoms with E-state index in [-0.39, 0.29) is 0 Å². The molecule has 3 heteroatoms. The molecule has 0 spiro atoms. The van der Waals surface area contributed by atoms with Crippen molar-refractivity contribution in [3.63, 3.8) is 0 Å². The summed E-state index contributed by atoms with van der Waals surface area (Å²) in [5.74, 6) is 0.949. The van der Waals surface area contributed by atoms with E-state index in [4.69, 9.17) is 9.94 Å². The lowest BCUT2D eigenvalue weighted by atomic mass is 10.1. The van der Waals surface area contributed by atoms with Gasteiger partial charge in [0.15, 0.2) is 0 Å². The molecule has 0 radical (unpaired) electrons. The number of hydrogen-bond acceptors (Lipinski definition) is 3. The molecular weight excluding hydrogens is 202 g/mol. The first kappa shape index (κ1) is 11.0. The maximum atomic E-state index is 8.86. The molecule has 16 heavy (non-hydrogen) atoms. The summed E-state index contributed by atoms with van der Waals surface area (Å²) in [6.07, 6.45) is 3.93. The molecule has 0 unspecified atom stereocenters. The van der Waals surface area contributed by atoms with Crippen molar-refractivity contribution in [2.24, 2.45) is 5.16 Å². The molecule has 0 bridgehead atoms. The van der Waals surface area contributed by atoms with Gasteiger partial charge in [0.05, 0.1) is 12.3 Å². The largest absolute Gasteiger partial charge is 0.493 e. The zero-order chi connectivity index (χ0) is 11.4. The van der Waals surface area contributed by atoms with Crippen molar-refractivity contribution >= 4 is 5.71 Å². The Morgan fingerprint density at radius 2 is 2.25 bits per heavy atom. The number of hydrogen-bond donors (Lipinski definition) is 1. The minimum atomic E-state index is 0.762. The van der Waals surface area contributed by atoms with Crippen LogP contribution in [0.2, 0.25) is 0 Å². The van der Waals surface area contributed by atoms with Gasteiger partial charge in [-0.2, -0.15) is 0 Å². The van der Waals surface area contributed by atoms with E-state index in [0.29, 0.717) is 0 Å². The Kier molecular flexibility index (Phi) is 3.44. The quantitative estimate of drug-likeness (QED) is 0.480. The number of ether oxygens (including phenoxy) is 1. The molecule has 0 aromatic heterocycles. The Labute approximate surface area is 95.7 Å². The molecule has 0 fully saturated rings. The van der Waals surface area contributed by atoms with Crippen molar-refractivity contribution in [1.29, 1.82) is 0 Å². The highest BCUT2D eigenvalue weighted by Crippen LogP contribution is 2.30. The Morgan fingerprint density at radius 1 is 1.38 bits per heavy atom.